The van der Waals surface area contributed by atoms with E-state index in [1.54, 1.807) is 0 Å². The standard InChI is InChI=1S/C14H24N2O4/c17-12(18)10-14(6-2-1-3-7-14)16-13(19)15-11-4-8-20-9-5-11/h11H,1-10H2,(H,17,18)(H2,15,16,19). The van der Waals surface area contributed by atoms with E-state index < -0.39 is 11.5 Å². The molecule has 2 amide bonds. The highest BCUT2D eigenvalue weighted by Gasteiger charge is 2.36. The molecule has 0 atom stereocenters. The molecule has 1 heterocycles. The number of carbonyl (C=O) groups is 2. The van der Waals surface area contributed by atoms with Gasteiger partial charge in [-0.25, -0.2) is 4.79 Å². The Morgan fingerprint density at radius 2 is 1.80 bits per heavy atom. The number of nitrogens with one attached hydrogen (secondary N) is 2. The van der Waals surface area contributed by atoms with Crippen LogP contribution in [0.4, 0.5) is 4.79 Å². The second-order valence-corrected chi connectivity index (χ2v) is 5.90. The van der Waals surface area contributed by atoms with E-state index in [2.05, 4.69) is 10.6 Å². The molecule has 0 unspecified atom stereocenters. The molecule has 3 N–H and O–H groups in total. The number of hydrogen-bond acceptors (Lipinski definition) is 3. The summed E-state index contributed by atoms with van der Waals surface area (Å²) in [5, 5.41) is 15.0. The van der Waals surface area contributed by atoms with Gasteiger partial charge in [-0.15, -0.1) is 0 Å². The Hall–Kier alpha value is -1.30. The Morgan fingerprint density at radius 1 is 1.15 bits per heavy atom. The van der Waals surface area contributed by atoms with Crippen LogP contribution in [0.25, 0.3) is 0 Å². The van der Waals surface area contributed by atoms with Gasteiger partial charge in [-0.3, -0.25) is 4.79 Å². The number of carbonyl (C=O) groups excluding carboxylic acids is 1. The second kappa shape index (κ2) is 6.92. The number of hydrogen-bond donors (Lipinski definition) is 3. The van der Waals surface area contributed by atoms with Gasteiger partial charge in [-0.1, -0.05) is 19.3 Å². The molecule has 6 nitrogen and oxygen atoms in total. The predicted molar refractivity (Wildman–Crippen MR) is 73.6 cm³/mol. The normalized spacial score (nSPS) is 23.0. The van der Waals surface area contributed by atoms with Gasteiger partial charge in [0.15, 0.2) is 0 Å². The lowest BCUT2D eigenvalue weighted by Crippen LogP contribution is -2.56. The molecule has 2 fully saturated rings. The van der Waals surface area contributed by atoms with Crippen LogP contribution >= 0.6 is 0 Å². The van der Waals surface area contributed by atoms with Crippen LogP contribution in [0.3, 0.4) is 0 Å². The maximum absolute atomic E-state index is 12.1. The van der Waals surface area contributed by atoms with Gasteiger partial charge in [0.05, 0.1) is 12.0 Å². The molecule has 1 aliphatic heterocycles. The number of carboxylic acid groups (broad SMARTS) is 1. The Bertz CT molecular complexity index is 347. The fraction of sp³-hybridized carbons (Fsp3) is 0.857. The summed E-state index contributed by atoms with van der Waals surface area (Å²) in [4.78, 5) is 23.2. The fourth-order valence-corrected chi connectivity index (χ4v) is 3.17. The van der Waals surface area contributed by atoms with Crippen LogP contribution in [0.2, 0.25) is 0 Å². The molecule has 0 radical (unpaired) electrons. The van der Waals surface area contributed by atoms with Crippen molar-refractivity contribution in [3.8, 4) is 0 Å². The molecule has 1 aliphatic carbocycles. The molecular formula is C14H24N2O4. The molecule has 0 aromatic rings. The van der Waals surface area contributed by atoms with E-state index in [1.807, 2.05) is 0 Å². The molecule has 114 valence electrons. The van der Waals surface area contributed by atoms with Gasteiger partial charge in [0.25, 0.3) is 0 Å². The van der Waals surface area contributed by atoms with Gasteiger partial charge in [0, 0.05) is 19.3 Å². The lowest BCUT2D eigenvalue weighted by Gasteiger charge is -2.37. The first-order valence-electron chi connectivity index (χ1n) is 7.48. The van der Waals surface area contributed by atoms with Crippen molar-refractivity contribution in [3.63, 3.8) is 0 Å². The van der Waals surface area contributed by atoms with Crippen LogP contribution in [-0.4, -0.2) is 41.9 Å². The van der Waals surface area contributed by atoms with Crippen LogP contribution in [0.15, 0.2) is 0 Å². The zero-order valence-corrected chi connectivity index (χ0v) is 11.8. The van der Waals surface area contributed by atoms with Crippen molar-refractivity contribution in [2.75, 3.05) is 13.2 Å². The molecule has 0 aromatic heterocycles. The van der Waals surface area contributed by atoms with Crippen molar-refractivity contribution in [1.29, 1.82) is 0 Å². The van der Waals surface area contributed by atoms with Crippen LogP contribution in [-0.2, 0) is 9.53 Å². The van der Waals surface area contributed by atoms with E-state index >= 15 is 0 Å². The smallest absolute Gasteiger partial charge is 0.315 e. The van der Waals surface area contributed by atoms with Crippen molar-refractivity contribution in [3.05, 3.63) is 0 Å². The van der Waals surface area contributed by atoms with Crippen molar-refractivity contribution >= 4 is 12.0 Å². The largest absolute Gasteiger partial charge is 0.481 e. The maximum atomic E-state index is 12.1. The van der Waals surface area contributed by atoms with Gasteiger partial charge in [0.2, 0.25) is 0 Å². The molecule has 0 aromatic carbocycles. The Kier molecular flexibility index (Phi) is 5.23. The second-order valence-electron chi connectivity index (χ2n) is 5.90. The van der Waals surface area contributed by atoms with Gasteiger partial charge >= 0.3 is 12.0 Å². The van der Waals surface area contributed by atoms with Crippen LogP contribution < -0.4 is 10.6 Å². The number of ether oxygens (including phenoxy) is 1. The Morgan fingerprint density at radius 3 is 2.40 bits per heavy atom. The average Bonchev–Trinajstić information content (AvgIpc) is 2.39. The molecule has 1 saturated heterocycles. The third-order valence-electron chi connectivity index (χ3n) is 4.24. The Balaban J connectivity index is 1.89. The first-order valence-corrected chi connectivity index (χ1v) is 7.48. The minimum absolute atomic E-state index is 0.00813. The highest BCUT2D eigenvalue weighted by molar-refractivity contribution is 5.77. The first kappa shape index (κ1) is 15.1. The summed E-state index contributed by atoms with van der Waals surface area (Å²) < 4.78 is 5.25. The summed E-state index contributed by atoms with van der Waals surface area (Å²) in [5.74, 6) is -0.849. The summed E-state index contributed by atoms with van der Waals surface area (Å²) >= 11 is 0. The molecular weight excluding hydrogens is 260 g/mol. The highest BCUT2D eigenvalue weighted by Crippen LogP contribution is 2.31. The van der Waals surface area contributed by atoms with E-state index in [0.29, 0.717) is 13.2 Å². The molecule has 2 aliphatic rings. The number of carboxylic acids is 1. The van der Waals surface area contributed by atoms with E-state index in [0.717, 1.165) is 44.9 Å². The summed E-state index contributed by atoms with van der Waals surface area (Å²) in [6.45, 7) is 1.34. The van der Waals surface area contributed by atoms with Crippen molar-refractivity contribution in [1.82, 2.24) is 10.6 Å². The van der Waals surface area contributed by atoms with Crippen molar-refractivity contribution in [2.45, 2.75) is 62.9 Å². The lowest BCUT2D eigenvalue weighted by molar-refractivity contribution is -0.139. The van der Waals surface area contributed by atoms with Crippen LogP contribution in [0, 0.1) is 0 Å². The van der Waals surface area contributed by atoms with Crippen molar-refractivity contribution < 1.29 is 19.4 Å². The highest BCUT2D eigenvalue weighted by atomic mass is 16.5. The van der Waals surface area contributed by atoms with Gasteiger partial charge in [0.1, 0.15) is 0 Å². The third kappa shape index (κ3) is 4.37. The van der Waals surface area contributed by atoms with E-state index in [1.165, 1.54) is 0 Å². The van der Waals surface area contributed by atoms with Crippen LogP contribution in [0.5, 0.6) is 0 Å². The third-order valence-corrected chi connectivity index (χ3v) is 4.24. The van der Waals surface area contributed by atoms with E-state index in [9.17, 15) is 9.59 Å². The molecule has 0 bridgehead atoms. The Labute approximate surface area is 119 Å². The summed E-state index contributed by atoms with van der Waals surface area (Å²) in [5.41, 5.74) is -0.570. The minimum Gasteiger partial charge on any atom is -0.481 e. The first-order chi connectivity index (χ1) is 9.60. The summed E-state index contributed by atoms with van der Waals surface area (Å²) in [6.07, 6.45) is 6.22. The number of amides is 2. The SMILES string of the molecule is O=C(O)CC1(NC(=O)NC2CCOCC2)CCCCC1. The molecule has 2 rings (SSSR count). The maximum Gasteiger partial charge on any atom is 0.315 e. The van der Waals surface area contributed by atoms with E-state index in [-0.39, 0.29) is 18.5 Å². The monoisotopic (exact) mass is 284 g/mol. The minimum atomic E-state index is -0.849. The fourth-order valence-electron chi connectivity index (χ4n) is 3.17. The predicted octanol–water partition coefficient (Wildman–Crippen LogP) is 1.64. The summed E-state index contributed by atoms with van der Waals surface area (Å²) in [6, 6.07) is -0.103. The number of urea groups is 1. The number of aliphatic carboxylic acids is 1. The zero-order valence-electron chi connectivity index (χ0n) is 11.8. The zero-order chi connectivity index (χ0) is 14.4. The molecule has 20 heavy (non-hydrogen) atoms. The molecule has 0 spiro atoms. The average molecular weight is 284 g/mol. The quantitative estimate of drug-likeness (QED) is 0.732. The van der Waals surface area contributed by atoms with Gasteiger partial charge < -0.3 is 20.5 Å². The van der Waals surface area contributed by atoms with Crippen LogP contribution in [0.1, 0.15) is 51.4 Å². The molecule has 6 heteroatoms. The summed E-state index contributed by atoms with van der Waals surface area (Å²) in [7, 11) is 0. The topological polar surface area (TPSA) is 87.7 Å². The number of rotatable bonds is 4. The molecule has 1 saturated carbocycles. The lowest BCUT2D eigenvalue weighted by atomic mass is 9.79. The van der Waals surface area contributed by atoms with E-state index in [4.69, 9.17) is 9.84 Å². The van der Waals surface area contributed by atoms with Gasteiger partial charge in [-0.2, -0.15) is 0 Å². The van der Waals surface area contributed by atoms with Crippen molar-refractivity contribution in [2.24, 2.45) is 0 Å². The van der Waals surface area contributed by atoms with Gasteiger partial charge in [-0.05, 0) is 25.7 Å².